The topological polar surface area (TPSA) is 17.1 Å². The van der Waals surface area contributed by atoms with Crippen LogP contribution in [0, 0.1) is 10.8 Å². The van der Waals surface area contributed by atoms with E-state index in [1.165, 1.54) is 0 Å². The monoisotopic (exact) mass is 250 g/mol. The van der Waals surface area contributed by atoms with Crippen LogP contribution in [0.4, 0.5) is 0 Å². The minimum absolute atomic E-state index is 0.0906. The molecule has 1 unspecified atom stereocenters. The summed E-state index contributed by atoms with van der Waals surface area (Å²) < 4.78 is 0. The van der Waals surface area contributed by atoms with Crippen LogP contribution in [0.1, 0.15) is 27.2 Å². The van der Waals surface area contributed by atoms with Crippen molar-refractivity contribution < 1.29 is 4.79 Å². The molecule has 0 saturated heterocycles. The molecule has 0 aromatic carbocycles. The molecule has 0 amide bonds. The van der Waals surface area contributed by atoms with Gasteiger partial charge in [0.05, 0.1) is 5.41 Å². The van der Waals surface area contributed by atoms with Gasteiger partial charge in [-0.1, -0.05) is 45.1 Å². The first-order chi connectivity index (χ1) is 7.87. The molecule has 0 bridgehead atoms. The number of carbonyl (C=O) groups excluding carboxylic acids is 1. The lowest BCUT2D eigenvalue weighted by atomic mass is 9.69. The highest BCUT2D eigenvalue weighted by Crippen LogP contribution is 2.40. The van der Waals surface area contributed by atoms with Crippen LogP contribution >= 0.6 is 11.8 Å². The van der Waals surface area contributed by atoms with Crippen molar-refractivity contribution in [2.45, 2.75) is 27.2 Å². The van der Waals surface area contributed by atoms with Crippen molar-refractivity contribution in [1.29, 1.82) is 0 Å². The first-order valence-corrected chi connectivity index (χ1v) is 7.31. The standard InChI is InChI=1S/C15H22OS/c1-6-9-15(11-17-5)10-7-8-12(13(15)16)14(2,3)4/h6-8,10H,1,9,11H2,2-5H3. The lowest BCUT2D eigenvalue weighted by Gasteiger charge is -2.35. The van der Waals surface area contributed by atoms with E-state index in [1.807, 2.05) is 30.6 Å². The van der Waals surface area contributed by atoms with Crippen LogP contribution in [-0.4, -0.2) is 17.8 Å². The average Bonchev–Trinajstić information content (AvgIpc) is 2.21. The summed E-state index contributed by atoms with van der Waals surface area (Å²) in [6.45, 7) is 10.1. The van der Waals surface area contributed by atoms with Crippen LogP contribution in [-0.2, 0) is 4.79 Å². The van der Waals surface area contributed by atoms with Gasteiger partial charge in [0.1, 0.15) is 0 Å². The van der Waals surface area contributed by atoms with E-state index < -0.39 is 0 Å². The van der Waals surface area contributed by atoms with Crippen LogP contribution in [0.3, 0.4) is 0 Å². The quantitative estimate of drug-likeness (QED) is 0.701. The molecule has 0 heterocycles. The van der Waals surface area contributed by atoms with Crippen LogP contribution in [0.25, 0.3) is 0 Å². The Morgan fingerprint density at radius 2 is 2.12 bits per heavy atom. The van der Waals surface area contributed by atoms with Crippen molar-refractivity contribution in [3.05, 3.63) is 36.5 Å². The zero-order chi connectivity index (χ0) is 13.1. The molecule has 1 atom stereocenters. The van der Waals surface area contributed by atoms with E-state index in [1.54, 1.807) is 11.8 Å². The molecule has 94 valence electrons. The summed E-state index contributed by atoms with van der Waals surface area (Å²) in [6.07, 6.45) is 10.6. The SMILES string of the molecule is C=CCC1(CSC)C=CC=C(C(C)(C)C)C1=O. The molecule has 1 rings (SSSR count). The second-order valence-electron chi connectivity index (χ2n) is 5.60. The van der Waals surface area contributed by atoms with Gasteiger partial charge in [-0.3, -0.25) is 4.79 Å². The summed E-state index contributed by atoms with van der Waals surface area (Å²) in [6, 6.07) is 0. The van der Waals surface area contributed by atoms with Gasteiger partial charge in [0.2, 0.25) is 0 Å². The summed E-state index contributed by atoms with van der Waals surface area (Å²) in [5.74, 6) is 1.09. The van der Waals surface area contributed by atoms with Crippen LogP contribution < -0.4 is 0 Å². The third kappa shape index (κ3) is 2.92. The maximum atomic E-state index is 12.7. The molecule has 0 aliphatic heterocycles. The Hall–Kier alpha value is -0.760. The number of Topliss-reactive ketones (excluding diaryl/α,β-unsaturated/α-hetero) is 1. The van der Waals surface area contributed by atoms with Crippen molar-refractivity contribution in [3.8, 4) is 0 Å². The molecule has 0 aromatic rings. The minimum Gasteiger partial charge on any atom is -0.293 e. The first kappa shape index (κ1) is 14.3. The Labute approximate surface area is 109 Å². The van der Waals surface area contributed by atoms with Crippen molar-refractivity contribution in [2.24, 2.45) is 10.8 Å². The molecule has 0 fully saturated rings. The van der Waals surface area contributed by atoms with E-state index in [9.17, 15) is 4.79 Å². The fourth-order valence-corrected chi connectivity index (χ4v) is 3.05. The van der Waals surface area contributed by atoms with E-state index in [0.717, 1.165) is 17.7 Å². The lowest BCUT2D eigenvalue weighted by Crippen LogP contribution is -2.37. The number of hydrogen-bond acceptors (Lipinski definition) is 2. The predicted octanol–water partition coefficient (Wildman–Crippen LogP) is 4.02. The lowest BCUT2D eigenvalue weighted by molar-refractivity contribution is -0.122. The molecule has 1 aliphatic rings. The Morgan fingerprint density at radius 3 is 2.59 bits per heavy atom. The number of carbonyl (C=O) groups is 1. The molecule has 1 aliphatic carbocycles. The van der Waals surface area contributed by atoms with Crippen molar-refractivity contribution in [2.75, 3.05) is 12.0 Å². The largest absolute Gasteiger partial charge is 0.293 e. The molecule has 0 N–H and O–H groups in total. The number of hydrogen-bond donors (Lipinski definition) is 0. The summed E-state index contributed by atoms with van der Waals surface area (Å²) >= 11 is 1.72. The Kier molecular flexibility index (Phi) is 4.42. The second kappa shape index (κ2) is 5.26. The van der Waals surface area contributed by atoms with Crippen molar-refractivity contribution in [3.63, 3.8) is 0 Å². The summed E-state index contributed by atoms with van der Waals surface area (Å²) in [5, 5.41) is 0. The fraction of sp³-hybridized carbons (Fsp3) is 0.533. The van der Waals surface area contributed by atoms with Gasteiger partial charge in [0, 0.05) is 11.3 Å². The Balaban J connectivity index is 3.13. The van der Waals surface area contributed by atoms with Crippen LogP contribution in [0.5, 0.6) is 0 Å². The van der Waals surface area contributed by atoms with E-state index in [-0.39, 0.29) is 16.6 Å². The van der Waals surface area contributed by atoms with E-state index in [0.29, 0.717) is 0 Å². The second-order valence-corrected chi connectivity index (χ2v) is 6.47. The highest BCUT2D eigenvalue weighted by molar-refractivity contribution is 7.98. The predicted molar refractivity (Wildman–Crippen MR) is 77.3 cm³/mol. The number of allylic oxidation sites excluding steroid dienone is 5. The third-order valence-electron chi connectivity index (χ3n) is 3.09. The molecular weight excluding hydrogens is 228 g/mol. The average molecular weight is 250 g/mol. The molecule has 0 spiro atoms. The summed E-state index contributed by atoms with van der Waals surface area (Å²) in [7, 11) is 0. The van der Waals surface area contributed by atoms with Gasteiger partial charge in [-0.25, -0.2) is 0 Å². The van der Waals surface area contributed by atoms with Gasteiger partial charge in [0.25, 0.3) is 0 Å². The molecular formula is C15H22OS. The zero-order valence-corrected chi connectivity index (χ0v) is 12.1. The van der Waals surface area contributed by atoms with Crippen molar-refractivity contribution in [1.82, 2.24) is 0 Å². The smallest absolute Gasteiger partial charge is 0.170 e. The van der Waals surface area contributed by atoms with Crippen LogP contribution in [0.15, 0.2) is 36.5 Å². The van der Waals surface area contributed by atoms with Gasteiger partial charge >= 0.3 is 0 Å². The van der Waals surface area contributed by atoms with E-state index in [2.05, 4.69) is 27.4 Å². The summed E-state index contributed by atoms with van der Waals surface area (Å²) in [5.41, 5.74) is 0.460. The van der Waals surface area contributed by atoms with E-state index >= 15 is 0 Å². The van der Waals surface area contributed by atoms with Gasteiger partial charge in [-0.05, 0) is 18.1 Å². The molecule has 0 saturated carbocycles. The molecule has 2 heteroatoms. The third-order valence-corrected chi connectivity index (χ3v) is 3.90. The van der Waals surface area contributed by atoms with Crippen molar-refractivity contribution >= 4 is 17.5 Å². The van der Waals surface area contributed by atoms with Crippen LogP contribution in [0.2, 0.25) is 0 Å². The fourth-order valence-electron chi connectivity index (χ4n) is 2.19. The number of thioether (sulfide) groups is 1. The van der Waals surface area contributed by atoms with Gasteiger partial charge < -0.3 is 0 Å². The molecule has 0 radical (unpaired) electrons. The number of rotatable bonds is 4. The first-order valence-electron chi connectivity index (χ1n) is 5.92. The Morgan fingerprint density at radius 1 is 1.47 bits per heavy atom. The minimum atomic E-state index is -0.376. The maximum absolute atomic E-state index is 12.7. The molecule has 0 aromatic heterocycles. The highest BCUT2D eigenvalue weighted by Gasteiger charge is 2.40. The van der Waals surface area contributed by atoms with Gasteiger partial charge in [-0.2, -0.15) is 11.8 Å². The summed E-state index contributed by atoms with van der Waals surface area (Å²) in [4.78, 5) is 12.7. The molecule has 1 nitrogen and oxygen atoms in total. The molecule has 17 heavy (non-hydrogen) atoms. The normalized spacial score (nSPS) is 24.7. The van der Waals surface area contributed by atoms with Gasteiger partial charge in [-0.15, -0.1) is 6.58 Å². The van der Waals surface area contributed by atoms with E-state index in [4.69, 9.17) is 0 Å². The number of ketones is 1. The Bertz CT molecular complexity index is 371. The highest BCUT2D eigenvalue weighted by atomic mass is 32.2. The zero-order valence-electron chi connectivity index (χ0n) is 11.2. The van der Waals surface area contributed by atoms with Gasteiger partial charge in [0.15, 0.2) is 5.78 Å². The maximum Gasteiger partial charge on any atom is 0.170 e.